The molecule has 1 nitrogen and oxygen atoms in total. The fraction of sp³-hybridized carbons (Fsp3) is 0.333. The fourth-order valence-electron chi connectivity index (χ4n) is 2.29. The highest BCUT2D eigenvalue weighted by molar-refractivity contribution is 5.39. The maximum absolute atomic E-state index is 5.69. The summed E-state index contributed by atoms with van der Waals surface area (Å²) in [7, 11) is 0. The maximum Gasteiger partial charge on any atom is 0.0314 e. The molecule has 2 aromatic carbocycles. The predicted octanol–water partition coefficient (Wildman–Crippen LogP) is 4.25. The molecule has 100 valence electrons. The largest absolute Gasteiger partial charge is 0.399 e. The Kier molecular flexibility index (Phi) is 4.62. The molecule has 0 saturated heterocycles. The SMILES string of the molecule is CC(C)Cc1ccc(CCc2ccc(N)cc2)cc1. The Hall–Kier alpha value is -1.76. The van der Waals surface area contributed by atoms with Crippen molar-refractivity contribution in [1.29, 1.82) is 0 Å². The van der Waals surface area contributed by atoms with Gasteiger partial charge in [-0.25, -0.2) is 0 Å². The molecule has 0 aliphatic heterocycles. The van der Waals surface area contributed by atoms with Crippen LogP contribution in [0.1, 0.15) is 30.5 Å². The second-order valence-electron chi connectivity index (χ2n) is 5.66. The van der Waals surface area contributed by atoms with Crippen LogP contribution < -0.4 is 5.73 Å². The third kappa shape index (κ3) is 4.44. The summed E-state index contributed by atoms with van der Waals surface area (Å²) in [4.78, 5) is 0. The van der Waals surface area contributed by atoms with E-state index >= 15 is 0 Å². The zero-order valence-electron chi connectivity index (χ0n) is 11.9. The molecule has 0 saturated carbocycles. The van der Waals surface area contributed by atoms with Crippen LogP contribution in [0.2, 0.25) is 0 Å². The number of benzene rings is 2. The first-order valence-corrected chi connectivity index (χ1v) is 7.06. The molecular formula is C18H23N. The Morgan fingerprint density at radius 2 is 1.16 bits per heavy atom. The summed E-state index contributed by atoms with van der Waals surface area (Å²) in [5.41, 5.74) is 10.7. The third-order valence-electron chi connectivity index (χ3n) is 3.35. The highest BCUT2D eigenvalue weighted by atomic mass is 14.5. The van der Waals surface area contributed by atoms with Crippen molar-refractivity contribution in [2.24, 2.45) is 5.92 Å². The van der Waals surface area contributed by atoms with Crippen LogP contribution in [0.25, 0.3) is 0 Å². The minimum Gasteiger partial charge on any atom is -0.399 e. The van der Waals surface area contributed by atoms with E-state index < -0.39 is 0 Å². The number of rotatable bonds is 5. The molecule has 0 fully saturated rings. The molecule has 1 heteroatoms. The van der Waals surface area contributed by atoms with Crippen molar-refractivity contribution in [2.45, 2.75) is 33.1 Å². The van der Waals surface area contributed by atoms with Crippen molar-refractivity contribution < 1.29 is 0 Å². The molecule has 0 atom stereocenters. The van der Waals surface area contributed by atoms with Crippen LogP contribution in [0.3, 0.4) is 0 Å². The van der Waals surface area contributed by atoms with Crippen LogP contribution in [-0.2, 0) is 19.3 Å². The first-order chi connectivity index (χ1) is 9.13. The summed E-state index contributed by atoms with van der Waals surface area (Å²) in [5, 5.41) is 0. The zero-order chi connectivity index (χ0) is 13.7. The first-order valence-electron chi connectivity index (χ1n) is 7.06. The van der Waals surface area contributed by atoms with Crippen LogP contribution in [0.5, 0.6) is 0 Å². The van der Waals surface area contributed by atoms with Crippen molar-refractivity contribution >= 4 is 5.69 Å². The quantitative estimate of drug-likeness (QED) is 0.792. The molecular weight excluding hydrogens is 230 g/mol. The van der Waals surface area contributed by atoms with Gasteiger partial charge in [0.05, 0.1) is 0 Å². The Bertz CT molecular complexity index is 494. The molecule has 0 aliphatic carbocycles. The van der Waals surface area contributed by atoms with Crippen LogP contribution in [-0.4, -0.2) is 0 Å². The molecule has 19 heavy (non-hydrogen) atoms. The van der Waals surface area contributed by atoms with Crippen molar-refractivity contribution in [2.75, 3.05) is 5.73 Å². The Labute approximate surface area is 116 Å². The third-order valence-corrected chi connectivity index (χ3v) is 3.35. The second-order valence-corrected chi connectivity index (χ2v) is 5.66. The van der Waals surface area contributed by atoms with Crippen molar-refractivity contribution in [3.8, 4) is 0 Å². The van der Waals surface area contributed by atoms with Gasteiger partial charge in [-0.05, 0) is 54.0 Å². The Balaban J connectivity index is 1.91. The molecule has 0 heterocycles. The van der Waals surface area contributed by atoms with E-state index in [0.29, 0.717) is 0 Å². The maximum atomic E-state index is 5.69. The standard InChI is InChI=1S/C18H23N/c1-14(2)13-17-7-5-15(6-8-17)3-4-16-9-11-18(19)12-10-16/h5-12,14H,3-4,13,19H2,1-2H3. The van der Waals surface area contributed by atoms with E-state index in [1.165, 1.54) is 16.7 Å². The van der Waals surface area contributed by atoms with E-state index in [9.17, 15) is 0 Å². The van der Waals surface area contributed by atoms with Gasteiger partial charge in [-0.2, -0.15) is 0 Å². The summed E-state index contributed by atoms with van der Waals surface area (Å²) in [6.07, 6.45) is 3.33. The van der Waals surface area contributed by atoms with Gasteiger partial charge < -0.3 is 5.73 Å². The lowest BCUT2D eigenvalue weighted by Gasteiger charge is -2.07. The van der Waals surface area contributed by atoms with Crippen molar-refractivity contribution in [3.63, 3.8) is 0 Å². The van der Waals surface area contributed by atoms with Gasteiger partial charge in [0.15, 0.2) is 0 Å². The smallest absolute Gasteiger partial charge is 0.0314 e. The number of nitrogens with two attached hydrogens (primary N) is 1. The van der Waals surface area contributed by atoms with Crippen molar-refractivity contribution in [3.05, 3.63) is 65.2 Å². The van der Waals surface area contributed by atoms with E-state index in [1.54, 1.807) is 0 Å². The molecule has 0 aliphatic rings. The van der Waals surface area contributed by atoms with Crippen LogP contribution in [0, 0.1) is 5.92 Å². The lowest BCUT2D eigenvalue weighted by atomic mass is 9.99. The number of hydrogen-bond donors (Lipinski definition) is 1. The topological polar surface area (TPSA) is 26.0 Å². The normalized spacial score (nSPS) is 10.9. The van der Waals surface area contributed by atoms with Gasteiger partial charge in [0, 0.05) is 5.69 Å². The average Bonchev–Trinajstić information content (AvgIpc) is 2.39. The van der Waals surface area contributed by atoms with Gasteiger partial charge in [-0.15, -0.1) is 0 Å². The summed E-state index contributed by atoms with van der Waals surface area (Å²) < 4.78 is 0. The lowest BCUT2D eigenvalue weighted by Crippen LogP contribution is -1.95. The highest BCUT2D eigenvalue weighted by Crippen LogP contribution is 2.13. The Morgan fingerprint density at radius 3 is 1.63 bits per heavy atom. The summed E-state index contributed by atoms with van der Waals surface area (Å²) in [5.74, 6) is 0.723. The number of aryl methyl sites for hydroxylation is 2. The predicted molar refractivity (Wildman–Crippen MR) is 83.2 cm³/mol. The van der Waals surface area contributed by atoms with Crippen LogP contribution in [0.15, 0.2) is 48.5 Å². The molecule has 0 radical (unpaired) electrons. The lowest BCUT2D eigenvalue weighted by molar-refractivity contribution is 0.647. The van der Waals surface area contributed by atoms with Crippen molar-refractivity contribution in [1.82, 2.24) is 0 Å². The van der Waals surface area contributed by atoms with Gasteiger partial charge in [0.1, 0.15) is 0 Å². The summed E-state index contributed by atoms with van der Waals surface area (Å²) in [6.45, 7) is 4.52. The zero-order valence-corrected chi connectivity index (χ0v) is 11.9. The highest BCUT2D eigenvalue weighted by Gasteiger charge is 1.99. The molecule has 2 aromatic rings. The molecule has 0 unspecified atom stereocenters. The molecule has 0 amide bonds. The van der Waals surface area contributed by atoms with Crippen LogP contribution >= 0.6 is 0 Å². The fourth-order valence-corrected chi connectivity index (χ4v) is 2.29. The van der Waals surface area contributed by atoms with E-state index in [0.717, 1.165) is 30.9 Å². The minimum atomic E-state index is 0.723. The van der Waals surface area contributed by atoms with Gasteiger partial charge in [0.2, 0.25) is 0 Å². The number of anilines is 1. The molecule has 0 bridgehead atoms. The molecule has 0 aromatic heterocycles. The summed E-state index contributed by atoms with van der Waals surface area (Å²) >= 11 is 0. The van der Waals surface area contributed by atoms with Gasteiger partial charge in [0.25, 0.3) is 0 Å². The Morgan fingerprint density at radius 1 is 0.737 bits per heavy atom. The first kappa shape index (κ1) is 13.7. The monoisotopic (exact) mass is 253 g/mol. The van der Waals surface area contributed by atoms with E-state index in [4.69, 9.17) is 5.73 Å². The van der Waals surface area contributed by atoms with Gasteiger partial charge in [-0.1, -0.05) is 50.2 Å². The van der Waals surface area contributed by atoms with E-state index in [-0.39, 0.29) is 0 Å². The molecule has 0 spiro atoms. The van der Waals surface area contributed by atoms with Gasteiger partial charge in [-0.3, -0.25) is 0 Å². The number of nitrogen functional groups attached to an aromatic ring is 1. The number of hydrogen-bond acceptors (Lipinski definition) is 1. The summed E-state index contributed by atoms with van der Waals surface area (Å²) in [6, 6.07) is 17.2. The van der Waals surface area contributed by atoms with Gasteiger partial charge >= 0.3 is 0 Å². The second kappa shape index (κ2) is 6.42. The molecule has 2 N–H and O–H groups in total. The van der Waals surface area contributed by atoms with E-state index in [2.05, 4.69) is 50.2 Å². The van der Waals surface area contributed by atoms with Crippen LogP contribution in [0.4, 0.5) is 5.69 Å². The minimum absolute atomic E-state index is 0.723. The average molecular weight is 253 g/mol. The van der Waals surface area contributed by atoms with E-state index in [1.807, 2.05) is 12.1 Å². The molecule has 2 rings (SSSR count).